The third-order valence-electron chi connectivity index (χ3n) is 5.14. The summed E-state index contributed by atoms with van der Waals surface area (Å²) in [7, 11) is 0. The van der Waals surface area contributed by atoms with Gasteiger partial charge in [0.1, 0.15) is 0 Å². The van der Waals surface area contributed by atoms with Gasteiger partial charge >= 0.3 is 0 Å². The molecule has 30 heavy (non-hydrogen) atoms. The maximum Gasteiger partial charge on any atom is 0.260 e. The van der Waals surface area contributed by atoms with Crippen molar-refractivity contribution in [1.29, 1.82) is 0 Å². The van der Waals surface area contributed by atoms with Crippen molar-refractivity contribution in [3.05, 3.63) is 113 Å². The van der Waals surface area contributed by atoms with Crippen molar-refractivity contribution in [2.75, 3.05) is 0 Å². The number of thiazole rings is 1. The monoisotopic (exact) mass is 412 g/mol. The Morgan fingerprint density at radius 3 is 2.20 bits per heavy atom. The molecule has 1 amide bonds. The van der Waals surface area contributed by atoms with Crippen LogP contribution in [0.2, 0.25) is 0 Å². The SMILES string of the molecule is C=CCn1c(=NC(=O)C(c2ccccc2)c2ccccc2)sc2c(C)cc(C)cc21. The van der Waals surface area contributed by atoms with E-state index in [-0.39, 0.29) is 5.91 Å². The first-order valence-corrected chi connectivity index (χ1v) is 10.8. The summed E-state index contributed by atoms with van der Waals surface area (Å²) in [5, 5.41) is 0. The Labute approximate surface area is 180 Å². The molecule has 0 bridgehead atoms. The number of carbonyl (C=O) groups excluding carboxylic acids is 1. The van der Waals surface area contributed by atoms with Gasteiger partial charge in [-0.05, 0) is 42.2 Å². The van der Waals surface area contributed by atoms with Gasteiger partial charge in [-0.25, -0.2) is 0 Å². The smallest absolute Gasteiger partial charge is 0.260 e. The van der Waals surface area contributed by atoms with Gasteiger partial charge < -0.3 is 4.57 Å². The molecule has 0 saturated heterocycles. The van der Waals surface area contributed by atoms with Crippen molar-refractivity contribution >= 4 is 27.5 Å². The molecular formula is C26H24N2OS. The Morgan fingerprint density at radius 1 is 1.03 bits per heavy atom. The molecule has 0 unspecified atom stereocenters. The number of rotatable bonds is 5. The number of aromatic nitrogens is 1. The second-order valence-corrected chi connectivity index (χ2v) is 8.40. The number of aryl methyl sites for hydroxylation is 2. The first-order valence-electron chi connectivity index (χ1n) is 9.98. The molecule has 0 aliphatic carbocycles. The zero-order chi connectivity index (χ0) is 21.1. The van der Waals surface area contributed by atoms with E-state index in [1.165, 1.54) is 11.1 Å². The van der Waals surface area contributed by atoms with Gasteiger partial charge in [-0.3, -0.25) is 4.79 Å². The lowest BCUT2D eigenvalue weighted by Gasteiger charge is -2.14. The number of allylic oxidation sites excluding steroid dienone is 1. The fourth-order valence-corrected chi connectivity index (χ4v) is 4.93. The Bertz CT molecular complexity index is 1230. The minimum Gasteiger partial charge on any atom is -0.312 e. The highest BCUT2D eigenvalue weighted by molar-refractivity contribution is 7.16. The highest BCUT2D eigenvalue weighted by atomic mass is 32.1. The molecule has 1 aromatic heterocycles. The average Bonchev–Trinajstić information content (AvgIpc) is 3.08. The first kappa shape index (κ1) is 20.0. The van der Waals surface area contributed by atoms with Crippen molar-refractivity contribution in [3.8, 4) is 0 Å². The Hall–Kier alpha value is -3.24. The molecule has 3 aromatic carbocycles. The number of amides is 1. The van der Waals surface area contributed by atoms with E-state index in [9.17, 15) is 4.79 Å². The normalized spacial score (nSPS) is 11.9. The summed E-state index contributed by atoms with van der Waals surface area (Å²) in [5.41, 5.74) is 5.38. The minimum atomic E-state index is -0.433. The van der Waals surface area contributed by atoms with Gasteiger partial charge in [0, 0.05) is 6.54 Å². The predicted octanol–water partition coefficient (Wildman–Crippen LogP) is 5.77. The second-order valence-electron chi connectivity index (χ2n) is 7.42. The number of fused-ring (bicyclic) bond motifs is 1. The van der Waals surface area contributed by atoms with Crippen LogP contribution in [0.5, 0.6) is 0 Å². The van der Waals surface area contributed by atoms with Crippen LogP contribution in [0.1, 0.15) is 28.2 Å². The van der Waals surface area contributed by atoms with E-state index in [4.69, 9.17) is 0 Å². The highest BCUT2D eigenvalue weighted by Crippen LogP contribution is 2.27. The van der Waals surface area contributed by atoms with E-state index in [2.05, 4.69) is 42.1 Å². The van der Waals surface area contributed by atoms with E-state index < -0.39 is 5.92 Å². The lowest BCUT2D eigenvalue weighted by Crippen LogP contribution is -2.20. The Kier molecular flexibility index (Phi) is 5.77. The molecule has 0 spiro atoms. The van der Waals surface area contributed by atoms with Crippen molar-refractivity contribution in [3.63, 3.8) is 0 Å². The molecule has 0 fully saturated rings. The zero-order valence-electron chi connectivity index (χ0n) is 17.2. The van der Waals surface area contributed by atoms with E-state index in [1.807, 2.05) is 66.7 Å². The highest BCUT2D eigenvalue weighted by Gasteiger charge is 2.22. The van der Waals surface area contributed by atoms with Gasteiger partial charge in [0.2, 0.25) is 0 Å². The standard InChI is InChI=1S/C26H24N2OS/c1-4-15-28-22-17-18(2)16-19(3)24(22)30-26(28)27-25(29)23(20-11-7-5-8-12-20)21-13-9-6-10-14-21/h4-14,16-17,23H,1,15H2,2-3H3. The van der Waals surface area contributed by atoms with Gasteiger partial charge in [-0.1, -0.05) is 84.1 Å². The molecule has 0 N–H and O–H groups in total. The summed E-state index contributed by atoms with van der Waals surface area (Å²) < 4.78 is 3.24. The van der Waals surface area contributed by atoms with Gasteiger partial charge in [0.25, 0.3) is 5.91 Å². The van der Waals surface area contributed by atoms with E-state index in [0.29, 0.717) is 11.3 Å². The largest absolute Gasteiger partial charge is 0.312 e. The lowest BCUT2D eigenvalue weighted by molar-refractivity contribution is -0.118. The third kappa shape index (κ3) is 3.91. The summed E-state index contributed by atoms with van der Waals surface area (Å²) in [6.07, 6.45) is 1.85. The molecule has 4 heteroatoms. The molecule has 0 radical (unpaired) electrons. The molecular weight excluding hydrogens is 388 g/mol. The maximum absolute atomic E-state index is 13.5. The molecule has 0 atom stereocenters. The number of hydrogen-bond acceptors (Lipinski definition) is 2. The Balaban J connectivity index is 1.89. The number of benzene rings is 3. The number of carbonyl (C=O) groups is 1. The van der Waals surface area contributed by atoms with Gasteiger partial charge in [0.15, 0.2) is 4.80 Å². The van der Waals surface area contributed by atoms with Crippen LogP contribution in [-0.2, 0) is 11.3 Å². The van der Waals surface area contributed by atoms with Crippen molar-refractivity contribution in [2.24, 2.45) is 4.99 Å². The van der Waals surface area contributed by atoms with Crippen LogP contribution in [0, 0.1) is 13.8 Å². The topological polar surface area (TPSA) is 34.4 Å². The first-order chi connectivity index (χ1) is 14.6. The average molecular weight is 413 g/mol. The lowest BCUT2D eigenvalue weighted by atomic mass is 9.91. The summed E-state index contributed by atoms with van der Waals surface area (Å²) in [6, 6.07) is 24.0. The maximum atomic E-state index is 13.5. The molecule has 0 saturated carbocycles. The molecule has 0 aliphatic rings. The third-order valence-corrected chi connectivity index (χ3v) is 6.37. The molecule has 1 heterocycles. The summed E-state index contributed by atoms with van der Waals surface area (Å²) in [4.78, 5) is 18.8. The van der Waals surface area contributed by atoms with Crippen molar-refractivity contribution in [2.45, 2.75) is 26.3 Å². The van der Waals surface area contributed by atoms with Crippen molar-refractivity contribution < 1.29 is 4.79 Å². The minimum absolute atomic E-state index is 0.161. The van der Waals surface area contributed by atoms with Gasteiger partial charge in [0.05, 0.1) is 16.1 Å². The molecule has 4 aromatic rings. The van der Waals surface area contributed by atoms with Crippen LogP contribution in [0.15, 0.2) is 90.4 Å². The molecule has 4 rings (SSSR count). The fraction of sp³-hybridized carbons (Fsp3) is 0.154. The summed E-state index contributed by atoms with van der Waals surface area (Å²) >= 11 is 1.56. The van der Waals surface area contributed by atoms with Crippen LogP contribution >= 0.6 is 11.3 Å². The number of nitrogens with zero attached hydrogens (tertiary/aromatic N) is 2. The molecule has 150 valence electrons. The summed E-state index contributed by atoms with van der Waals surface area (Å²) in [5.74, 6) is -0.594. The van der Waals surface area contributed by atoms with E-state index >= 15 is 0 Å². The van der Waals surface area contributed by atoms with Crippen molar-refractivity contribution in [1.82, 2.24) is 4.57 Å². The van der Waals surface area contributed by atoms with Crippen LogP contribution in [-0.4, -0.2) is 10.5 Å². The van der Waals surface area contributed by atoms with Crippen LogP contribution in [0.25, 0.3) is 10.2 Å². The fourth-order valence-electron chi connectivity index (χ4n) is 3.83. The van der Waals surface area contributed by atoms with Crippen LogP contribution < -0.4 is 4.80 Å². The molecule has 3 nitrogen and oxygen atoms in total. The number of hydrogen-bond donors (Lipinski definition) is 0. The molecule has 0 aliphatic heterocycles. The van der Waals surface area contributed by atoms with Gasteiger partial charge in [-0.15, -0.1) is 6.58 Å². The van der Waals surface area contributed by atoms with Crippen LogP contribution in [0.3, 0.4) is 0 Å². The van der Waals surface area contributed by atoms with E-state index in [0.717, 1.165) is 21.3 Å². The predicted molar refractivity (Wildman–Crippen MR) is 125 cm³/mol. The zero-order valence-corrected chi connectivity index (χ0v) is 18.0. The quantitative estimate of drug-likeness (QED) is 0.384. The summed E-state index contributed by atoms with van der Waals surface area (Å²) in [6.45, 7) is 8.69. The Morgan fingerprint density at radius 2 is 1.63 bits per heavy atom. The second kappa shape index (κ2) is 8.64. The van der Waals surface area contributed by atoms with E-state index in [1.54, 1.807) is 11.3 Å². The van der Waals surface area contributed by atoms with Crippen LogP contribution in [0.4, 0.5) is 0 Å². The van der Waals surface area contributed by atoms with Gasteiger partial charge in [-0.2, -0.15) is 4.99 Å².